The summed E-state index contributed by atoms with van der Waals surface area (Å²) in [6.45, 7) is 14.8. The Bertz CT molecular complexity index is 210. The van der Waals surface area contributed by atoms with Crippen molar-refractivity contribution in [2.75, 3.05) is 19.6 Å². The fraction of sp³-hybridized carbons (Fsp3) is 0.750. The zero-order valence-corrected chi connectivity index (χ0v) is 10.5. The Hall–Kier alpha value is -0.830. The lowest BCUT2D eigenvalue weighted by molar-refractivity contribution is -0.964. The predicted octanol–water partition coefficient (Wildman–Crippen LogP) is 2.33. The van der Waals surface area contributed by atoms with Crippen LogP contribution in [0, 0.1) is 0 Å². The van der Waals surface area contributed by atoms with Gasteiger partial charge in [0.25, 0.3) is 0 Å². The van der Waals surface area contributed by atoms with Gasteiger partial charge in [0, 0.05) is 13.0 Å². The van der Waals surface area contributed by atoms with Crippen molar-refractivity contribution < 1.29 is 14.0 Å². The number of rotatable bonds is 7. The summed E-state index contributed by atoms with van der Waals surface area (Å²) in [6, 6.07) is 0. The van der Waals surface area contributed by atoms with E-state index >= 15 is 0 Å². The largest absolute Gasteiger partial charge is 0.410 e. The van der Waals surface area contributed by atoms with Crippen LogP contribution in [0.3, 0.4) is 0 Å². The Morgan fingerprint density at radius 2 is 1.93 bits per heavy atom. The third kappa shape index (κ3) is 3.67. The molecule has 0 radical (unpaired) electrons. The van der Waals surface area contributed by atoms with Crippen LogP contribution in [0.15, 0.2) is 12.7 Å². The van der Waals surface area contributed by atoms with Crippen LogP contribution in [0.5, 0.6) is 0 Å². The van der Waals surface area contributed by atoms with Crippen LogP contribution >= 0.6 is 0 Å². The molecule has 15 heavy (non-hydrogen) atoms. The van der Waals surface area contributed by atoms with Crippen LogP contribution in [0.25, 0.3) is 0 Å². The van der Waals surface area contributed by atoms with E-state index in [1.807, 2.05) is 6.92 Å². The van der Waals surface area contributed by atoms with Crippen molar-refractivity contribution in [3.63, 3.8) is 0 Å². The van der Waals surface area contributed by atoms with Gasteiger partial charge in [-0.25, -0.2) is 4.79 Å². The Labute approximate surface area is 93.3 Å². The molecule has 0 bridgehead atoms. The van der Waals surface area contributed by atoms with Gasteiger partial charge in [0.15, 0.2) is 0 Å². The molecule has 3 nitrogen and oxygen atoms in total. The van der Waals surface area contributed by atoms with Crippen LogP contribution in [-0.4, -0.2) is 36.3 Å². The van der Waals surface area contributed by atoms with Gasteiger partial charge < -0.3 is 4.74 Å². The highest BCUT2D eigenvalue weighted by atomic mass is 16.6. The van der Waals surface area contributed by atoms with Crippen molar-refractivity contribution in [1.82, 2.24) is 0 Å². The molecule has 1 unspecified atom stereocenters. The van der Waals surface area contributed by atoms with Crippen LogP contribution in [0.4, 0.5) is 0 Å². The van der Waals surface area contributed by atoms with Gasteiger partial charge in [-0.15, -0.1) is 0 Å². The lowest BCUT2D eigenvalue weighted by Crippen LogP contribution is -2.56. The molecule has 3 heteroatoms. The molecule has 0 N–H and O–H groups in total. The maximum atomic E-state index is 11.2. The van der Waals surface area contributed by atoms with Crippen molar-refractivity contribution in [1.29, 1.82) is 0 Å². The molecule has 0 aromatic heterocycles. The summed E-state index contributed by atoms with van der Waals surface area (Å²) in [5.41, 5.74) is 0. The number of esters is 1. The molecule has 88 valence electrons. The van der Waals surface area contributed by atoms with Gasteiger partial charge in [-0.1, -0.05) is 13.5 Å². The van der Waals surface area contributed by atoms with E-state index in [1.165, 1.54) is 6.08 Å². The minimum absolute atomic E-state index is 0.0922. The predicted molar refractivity (Wildman–Crippen MR) is 62.3 cm³/mol. The number of carbonyl (C=O) groups is 1. The number of quaternary nitrogens is 1. The molecule has 0 rings (SSSR count). The van der Waals surface area contributed by atoms with E-state index in [4.69, 9.17) is 4.74 Å². The minimum Gasteiger partial charge on any atom is -0.410 e. The molecule has 0 aliphatic heterocycles. The molecule has 0 aliphatic rings. The number of hydrogen-bond acceptors (Lipinski definition) is 2. The summed E-state index contributed by atoms with van der Waals surface area (Å²) in [5.74, 6) is -0.331. The van der Waals surface area contributed by atoms with Gasteiger partial charge in [-0.2, -0.15) is 0 Å². The van der Waals surface area contributed by atoms with E-state index in [1.54, 1.807) is 0 Å². The summed E-state index contributed by atoms with van der Waals surface area (Å²) in [5, 5.41) is 0. The fourth-order valence-corrected chi connectivity index (χ4v) is 2.01. The maximum Gasteiger partial charge on any atom is 0.334 e. The van der Waals surface area contributed by atoms with Crippen LogP contribution in [0.1, 0.15) is 34.1 Å². The first-order chi connectivity index (χ1) is 7.06. The highest BCUT2D eigenvalue weighted by Crippen LogP contribution is 2.15. The molecule has 0 heterocycles. The zero-order chi connectivity index (χ0) is 11.9. The lowest BCUT2D eigenvalue weighted by Gasteiger charge is -2.40. The molecular formula is C12H24NO2+. The SMILES string of the molecule is C=CC(=O)OC(C)[N+](CC)(CC)CCC. The summed E-state index contributed by atoms with van der Waals surface area (Å²) >= 11 is 0. The van der Waals surface area contributed by atoms with Gasteiger partial charge in [0.05, 0.1) is 19.6 Å². The lowest BCUT2D eigenvalue weighted by atomic mass is 10.2. The van der Waals surface area contributed by atoms with E-state index in [2.05, 4.69) is 27.4 Å². The Morgan fingerprint density at radius 1 is 1.40 bits per heavy atom. The highest BCUT2D eigenvalue weighted by Gasteiger charge is 2.31. The van der Waals surface area contributed by atoms with E-state index in [9.17, 15) is 4.79 Å². The molecule has 0 aliphatic carbocycles. The number of hydrogen-bond donors (Lipinski definition) is 0. The van der Waals surface area contributed by atoms with Crippen LogP contribution in [0.2, 0.25) is 0 Å². The van der Waals surface area contributed by atoms with E-state index in [0.29, 0.717) is 0 Å². The van der Waals surface area contributed by atoms with Crippen molar-refractivity contribution in [3.05, 3.63) is 12.7 Å². The average molecular weight is 214 g/mol. The van der Waals surface area contributed by atoms with E-state index in [-0.39, 0.29) is 12.2 Å². The molecule has 0 saturated carbocycles. The minimum atomic E-state index is -0.331. The van der Waals surface area contributed by atoms with Crippen molar-refractivity contribution in [2.24, 2.45) is 0 Å². The molecule has 0 saturated heterocycles. The van der Waals surface area contributed by atoms with Crippen molar-refractivity contribution >= 4 is 5.97 Å². The van der Waals surface area contributed by atoms with Gasteiger partial charge in [-0.3, -0.25) is 4.48 Å². The summed E-state index contributed by atoms with van der Waals surface area (Å²) < 4.78 is 6.14. The number of carbonyl (C=O) groups excluding carboxylic acids is 1. The molecule has 0 fully saturated rings. The van der Waals surface area contributed by atoms with Crippen molar-refractivity contribution in [3.8, 4) is 0 Å². The first-order valence-corrected chi connectivity index (χ1v) is 5.75. The Balaban J connectivity index is 4.59. The maximum absolute atomic E-state index is 11.2. The van der Waals surface area contributed by atoms with E-state index in [0.717, 1.165) is 30.5 Å². The van der Waals surface area contributed by atoms with Crippen LogP contribution in [-0.2, 0) is 9.53 Å². The van der Waals surface area contributed by atoms with Gasteiger partial charge >= 0.3 is 5.97 Å². The first-order valence-electron chi connectivity index (χ1n) is 5.75. The molecule has 0 amide bonds. The molecular weight excluding hydrogens is 190 g/mol. The first kappa shape index (κ1) is 14.2. The monoisotopic (exact) mass is 214 g/mol. The van der Waals surface area contributed by atoms with Gasteiger partial charge in [0.2, 0.25) is 6.23 Å². The topological polar surface area (TPSA) is 26.3 Å². The number of ether oxygens (including phenoxy) is 1. The van der Waals surface area contributed by atoms with E-state index < -0.39 is 0 Å². The third-order valence-corrected chi connectivity index (χ3v) is 3.15. The Morgan fingerprint density at radius 3 is 2.27 bits per heavy atom. The van der Waals surface area contributed by atoms with Crippen LogP contribution < -0.4 is 0 Å². The smallest absolute Gasteiger partial charge is 0.334 e. The second-order valence-electron chi connectivity index (χ2n) is 3.81. The standard InChI is InChI=1S/C12H24NO2/c1-6-10-13(8-3,9-4)11(5)15-12(14)7-2/h7,11H,2,6,8-10H2,1,3-5H3/q+1. The molecule has 0 aromatic rings. The second kappa shape index (κ2) is 6.62. The third-order valence-electron chi connectivity index (χ3n) is 3.15. The molecule has 1 atom stereocenters. The quantitative estimate of drug-likeness (QED) is 0.281. The fourth-order valence-electron chi connectivity index (χ4n) is 2.01. The molecule has 0 aromatic carbocycles. The summed E-state index contributed by atoms with van der Waals surface area (Å²) in [6.07, 6.45) is 2.23. The normalized spacial score (nSPS) is 13.3. The van der Waals surface area contributed by atoms with Crippen molar-refractivity contribution in [2.45, 2.75) is 40.3 Å². The number of nitrogens with zero attached hydrogens (tertiary/aromatic N) is 1. The van der Waals surface area contributed by atoms with Gasteiger partial charge in [0.1, 0.15) is 0 Å². The highest BCUT2D eigenvalue weighted by molar-refractivity contribution is 5.81. The average Bonchev–Trinajstić information content (AvgIpc) is 2.25. The van der Waals surface area contributed by atoms with Gasteiger partial charge in [-0.05, 0) is 20.3 Å². The second-order valence-corrected chi connectivity index (χ2v) is 3.81. The molecule has 0 spiro atoms. The zero-order valence-electron chi connectivity index (χ0n) is 10.5. The Kier molecular flexibility index (Phi) is 6.25. The summed E-state index contributed by atoms with van der Waals surface area (Å²) in [4.78, 5) is 11.2. The summed E-state index contributed by atoms with van der Waals surface area (Å²) in [7, 11) is 0.